The van der Waals surface area contributed by atoms with Gasteiger partial charge in [0, 0.05) is 6.04 Å². The molecule has 2 aliphatic rings. The zero-order chi connectivity index (χ0) is 20.3. The first kappa shape index (κ1) is 23.2. The Morgan fingerprint density at radius 1 is 1.17 bits per heavy atom. The lowest BCUT2D eigenvalue weighted by molar-refractivity contribution is -0.151. The highest BCUT2D eigenvalue weighted by atomic mass is 35.5. The Morgan fingerprint density at radius 3 is 2.48 bits per heavy atom. The molecule has 1 heterocycles. The van der Waals surface area contributed by atoms with Crippen molar-refractivity contribution in [2.24, 2.45) is 5.92 Å². The van der Waals surface area contributed by atoms with Gasteiger partial charge in [-0.2, -0.15) is 0 Å². The second kappa shape index (κ2) is 10.1. The van der Waals surface area contributed by atoms with E-state index in [1.165, 1.54) is 4.90 Å². The number of likely N-dealkylation sites (tertiary alicyclic amines) is 1. The lowest BCUT2D eigenvalue weighted by Crippen LogP contribution is -2.55. The van der Waals surface area contributed by atoms with E-state index >= 15 is 0 Å². The van der Waals surface area contributed by atoms with Gasteiger partial charge in [-0.1, -0.05) is 36.8 Å². The number of carboxylic acid groups (broad SMARTS) is 2. The third kappa shape index (κ3) is 5.28. The predicted octanol–water partition coefficient (Wildman–Crippen LogP) is 2.33. The molecule has 1 amide bonds. The Kier molecular flexibility index (Phi) is 8.05. The van der Waals surface area contributed by atoms with Gasteiger partial charge in [0.15, 0.2) is 0 Å². The Morgan fingerprint density at radius 2 is 1.86 bits per heavy atom. The Hall–Kier alpha value is -2.12. The molecular formula is C21H29ClN2O5. The average Bonchev–Trinajstić information content (AvgIpc) is 3.26. The lowest BCUT2D eigenvalue weighted by Gasteiger charge is -2.31. The maximum atomic E-state index is 13.0. The SMILES string of the molecule is C[C@H](N[C@@H](CCc1ccccc1)C(=O)O)C(=O)N1[C@H](C(=O)O)C[C@@H]2CCC[C@@H]21.Cl. The van der Waals surface area contributed by atoms with E-state index in [1.54, 1.807) is 6.92 Å². The number of hydrogen-bond acceptors (Lipinski definition) is 4. The summed E-state index contributed by atoms with van der Waals surface area (Å²) < 4.78 is 0. The standard InChI is InChI=1S/C21H28N2O5.ClH/c1-13(22-16(20(25)26)11-10-14-6-3-2-4-7-14)19(24)23-17-9-5-8-15(17)12-18(23)21(27)28;/h2-4,6-7,13,15-18,22H,5,8-12H2,1H3,(H,25,26)(H,27,28);1H/t13-,15-,16-,17-,18-;/m0./s1. The summed E-state index contributed by atoms with van der Waals surface area (Å²) in [5.41, 5.74) is 1.04. The van der Waals surface area contributed by atoms with Crippen molar-refractivity contribution in [3.8, 4) is 0 Å². The number of halogens is 1. The molecule has 5 atom stereocenters. The summed E-state index contributed by atoms with van der Waals surface area (Å²) in [4.78, 5) is 37.9. The minimum absolute atomic E-state index is 0. The molecule has 0 unspecified atom stereocenters. The number of amides is 1. The van der Waals surface area contributed by atoms with Crippen molar-refractivity contribution >= 4 is 30.3 Å². The van der Waals surface area contributed by atoms with Crippen LogP contribution in [0.1, 0.15) is 44.6 Å². The zero-order valence-electron chi connectivity index (χ0n) is 16.5. The number of benzene rings is 1. The van der Waals surface area contributed by atoms with E-state index < -0.39 is 30.1 Å². The largest absolute Gasteiger partial charge is 0.480 e. The van der Waals surface area contributed by atoms with Gasteiger partial charge in [-0.15, -0.1) is 12.4 Å². The lowest BCUT2D eigenvalue weighted by atomic mass is 10.0. The molecule has 160 valence electrons. The Labute approximate surface area is 176 Å². The minimum Gasteiger partial charge on any atom is -0.480 e. The normalized spacial score (nSPS) is 25.0. The third-order valence-corrected chi connectivity index (χ3v) is 6.06. The molecule has 2 fully saturated rings. The number of aryl methyl sites for hydroxylation is 1. The summed E-state index contributed by atoms with van der Waals surface area (Å²) in [6.07, 6.45) is 4.21. The van der Waals surface area contributed by atoms with Gasteiger partial charge in [-0.25, -0.2) is 4.79 Å². The van der Waals surface area contributed by atoms with E-state index in [1.807, 2.05) is 30.3 Å². The molecular weight excluding hydrogens is 396 g/mol. The molecule has 1 aliphatic carbocycles. The van der Waals surface area contributed by atoms with Crippen molar-refractivity contribution in [1.82, 2.24) is 10.2 Å². The van der Waals surface area contributed by atoms with Crippen LogP contribution in [0.25, 0.3) is 0 Å². The van der Waals surface area contributed by atoms with Crippen molar-refractivity contribution in [3.05, 3.63) is 35.9 Å². The second-order valence-electron chi connectivity index (χ2n) is 7.90. The van der Waals surface area contributed by atoms with Crippen LogP contribution in [0.15, 0.2) is 30.3 Å². The van der Waals surface area contributed by atoms with Crippen molar-refractivity contribution in [2.45, 2.75) is 69.6 Å². The number of carbonyl (C=O) groups is 3. The zero-order valence-corrected chi connectivity index (χ0v) is 17.3. The van der Waals surface area contributed by atoms with Gasteiger partial charge in [-0.3, -0.25) is 14.9 Å². The number of carboxylic acids is 2. The number of hydrogen-bond donors (Lipinski definition) is 3. The molecule has 1 aromatic rings. The van der Waals surface area contributed by atoms with Crippen LogP contribution in [0.4, 0.5) is 0 Å². The molecule has 29 heavy (non-hydrogen) atoms. The van der Waals surface area contributed by atoms with Crippen molar-refractivity contribution in [3.63, 3.8) is 0 Å². The van der Waals surface area contributed by atoms with Gasteiger partial charge in [-0.05, 0) is 50.5 Å². The van der Waals surface area contributed by atoms with Crippen LogP contribution in [0.2, 0.25) is 0 Å². The van der Waals surface area contributed by atoms with Crippen molar-refractivity contribution in [2.75, 3.05) is 0 Å². The molecule has 1 saturated carbocycles. The van der Waals surface area contributed by atoms with E-state index in [2.05, 4.69) is 5.32 Å². The van der Waals surface area contributed by atoms with Crippen LogP contribution >= 0.6 is 12.4 Å². The third-order valence-electron chi connectivity index (χ3n) is 6.06. The monoisotopic (exact) mass is 424 g/mol. The number of nitrogens with zero attached hydrogens (tertiary/aromatic N) is 1. The molecule has 7 nitrogen and oxygen atoms in total. The van der Waals surface area contributed by atoms with E-state index in [-0.39, 0.29) is 30.3 Å². The first-order chi connectivity index (χ1) is 13.4. The first-order valence-corrected chi connectivity index (χ1v) is 9.96. The highest BCUT2D eigenvalue weighted by Crippen LogP contribution is 2.41. The van der Waals surface area contributed by atoms with Crippen LogP contribution in [0.3, 0.4) is 0 Å². The predicted molar refractivity (Wildman–Crippen MR) is 110 cm³/mol. The minimum atomic E-state index is -1.01. The van der Waals surface area contributed by atoms with Gasteiger partial charge in [0.25, 0.3) is 0 Å². The van der Waals surface area contributed by atoms with Crippen LogP contribution in [-0.2, 0) is 20.8 Å². The second-order valence-corrected chi connectivity index (χ2v) is 7.90. The van der Waals surface area contributed by atoms with E-state index in [0.717, 1.165) is 24.8 Å². The molecule has 1 aliphatic heterocycles. The van der Waals surface area contributed by atoms with Gasteiger partial charge < -0.3 is 15.1 Å². The summed E-state index contributed by atoms with van der Waals surface area (Å²) in [5, 5.41) is 22.0. The number of rotatable bonds is 8. The van der Waals surface area contributed by atoms with Gasteiger partial charge in [0.05, 0.1) is 6.04 Å². The Balaban J connectivity index is 0.00000300. The topological polar surface area (TPSA) is 107 Å². The fraction of sp³-hybridized carbons (Fsp3) is 0.571. The molecule has 1 saturated heterocycles. The van der Waals surface area contributed by atoms with Crippen molar-refractivity contribution in [1.29, 1.82) is 0 Å². The van der Waals surface area contributed by atoms with Crippen LogP contribution in [-0.4, -0.2) is 57.1 Å². The summed E-state index contributed by atoms with van der Waals surface area (Å²) >= 11 is 0. The summed E-state index contributed by atoms with van der Waals surface area (Å²) in [6, 6.07) is 7.13. The highest BCUT2D eigenvalue weighted by Gasteiger charge is 2.49. The number of aliphatic carboxylic acids is 2. The number of carbonyl (C=O) groups excluding carboxylic acids is 1. The molecule has 3 rings (SSSR count). The number of nitrogens with one attached hydrogen (secondary N) is 1. The van der Waals surface area contributed by atoms with Crippen molar-refractivity contribution < 1.29 is 24.6 Å². The molecule has 0 aromatic heterocycles. The molecule has 0 spiro atoms. The van der Waals surface area contributed by atoms with E-state index in [9.17, 15) is 24.6 Å². The summed E-state index contributed by atoms with van der Waals surface area (Å²) in [7, 11) is 0. The van der Waals surface area contributed by atoms with E-state index in [0.29, 0.717) is 19.3 Å². The molecule has 3 N–H and O–H groups in total. The van der Waals surface area contributed by atoms with Gasteiger partial charge in [0.2, 0.25) is 5.91 Å². The molecule has 0 radical (unpaired) electrons. The van der Waals surface area contributed by atoms with Crippen LogP contribution in [0, 0.1) is 5.92 Å². The highest BCUT2D eigenvalue weighted by molar-refractivity contribution is 5.88. The van der Waals surface area contributed by atoms with E-state index in [4.69, 9.17) is 0 Å². The number of fused-ring (bicyclic) bond motifs is 1. The summed E-state index contributed by atoms with van der Waals surface area (Å²) in [6.45, 7) is 1.63. The maximum Gasteiger partial charge on any atom is 0.326 e. The summed E-state index contributed by atoms with van der Waals surface area (Å²) in [5.74, 6) is -2.06. The average molecular weight is 425 g/mol. The maximum absolute atomic E-state index is 13.0. The first-order valence-electron chi connectivity index (χ1n) is 9.96. The van der Waals surface area contributed by atoms with Crippen LogP contribution < -0.4 is 5.32 Å². The fourth-order valence-corrected chi connectivity index (χ4v) is 4.66. The molecule has 8 heteroatoms. The fourth-order valence-electron chi connectivity index (χ4n) is 4.66. The quantitative estimate of drug-likeness (QED) is 0.591. The molecule has 0 bridgehead atoms. The molecule has 1 aromatic carbocycles. The Bertz CT molecular complexity index is 729. The van der Waals surface area contributed by atoms with Crippen LogP contribution in [0.5, 0.6) is 0 Å². The smallest absolute Gasteiger partial charge is 0.326 e. The van der Waals surface area contributed by atoms with Gasteiger partial charge in [0.1, 0.15) is 12.1 Å². The van der Waals surface area contributed by atoms with Gasteiger partial charge >= 0.3 is 11.9 Å².